The van der Waals surface area contributed by atoms with Crippen molar-refractivity contribution in [2.45, 2.75) is 32.4 Å². The molecule has 134 valence electrons. The number of anilines is 2. The third-order valence-corrected chi connectivity index (χ3v) is 4.17. The van der Waals surface area contributed by atoms with Crippen LogP contribution in [0.2, 0.25) is 0 Å². The summed E-state index contributed by atoms with van der Waals surface area (Å²) >= 11 is 0. The standard InChI is InChI=1S/C16H24N8O/c1-12(24-10-6-7-18-24)14(25)17-11-13-19-15(22(2)3)21-16(20-13)23-8-4-5-9-23/h6-7,10,12H,4-5,8-9,11H2,1-3H3,(H,17,25)/t12-/m1/s1. The Hall–Kier alpha value is -2.71. The average Bonchev–Trinajstić information content (AvgIpc) is 3.32. The number of carbonyl (C=O) groups excluding carboxylic acids is 1. The molecule has 3 rings (SSSR count). The Bertz CT molecular complexity index is 709. The Balaban J connectivity index is 1.71. The number of nitrogens with one attached hydrogen (secondary N) is 1. The summed E-state index contributed by atoms with van der Waals surface area (Å²) in [5.41, 5.74) is 0. The van der Waals surface area contributed by atoms with Crippen LogP contribution in [-0.4, -0.2) is 57.8 Å². The summed E-state index contributed by atoms with van der Waals surface area (Å²) in [4.78, 5) is 29.8. The van der Waals surface area contributed by atoms with E-state index < -0.39 is 0 Å². The normalized spacial score (nSPS) is 15.2. The second-order valence-corrected chi connectivity index (χ2v) is 6.32. The topological polar surface area (TPSA) is 92.1 Å². The van der Waals surface area contributed by atoms with E-state index >= 15 is 0 Å². The molecule has 2 aromatic heterocycles. The summed E-state index contributed by atoms with van der Waals surface area (Å²) in [5.74, 6) is 1.71. The van der Waals surface area contributed by atoms with Crippen LogP contribution in [0.5, 0.6) is 0 Å². The van der Waals surface area contributed by atoms with Gasteiger partial charge >= 0.3 is 0 Å². The first-order valence-electron chi connectivity index (χ1n) is 8.48. The lowest BCUT2D eigenvalue weighted by atomic mass is 10.3. The largest absolute Gasteiger partial charge is 0.347 e. The Morgan fingerprint density at radius 3 is 2.68 bits per heavy atom. The highest BCUT2D eigenvalue weighted by molar-refractivity contribution is 5.79. The van der Waals surface area contributed by atoms with Crippen LogP contribution in [-0.2, 0) is 11.3 Å². The Morgan fingerprint density at radius 1 is 1.28 bits per heavy atom. The molecule has 9 nitrogen and oxygen atoms in total. The summed E-state index contributed by atoms with van der Waals surface area (Å²) in [6.45, 7) is 3.98. The predicted molar refractivity (Wildman–Crippen MR) is 94.4 cm³/mol. The lowest BCUT2D eigenvalue weighted by molar-refractivity contribution is -0.124. The van der Waals surface area contributed by atoms with Crippen molar-refractivity contribution in [1.29, 1.82) is 0 Å². The summed E-state index contributed by atoms with van der Waals surface area (Å²) in [6.07, 6.45) is 5.72. The zero-order chi connectivity index (χ0) is 17.8. The van der Waals surface area contributed by atoms with E-state index in [1.165, 1.54) is 0 Å². The van der Waals surface area contributed by atoms with Crippen LogP contribution < -0.4 is 15.1 Å². The van der Waals surface area contributed by atoms with Gasteiger partial charge in [0, 0.05) is 39.6 Å². The minimum Gasteiger partial charge on any atom is -0.347 e. The molecule has 1 fully saturated rings. The number of aromatic nitrogens is 5. The van der Waals surface area contributed by atoms with E-state index in [4.69, 9.17) is 0 Å². The molecule has 1 amide bonds. The number of rotatable bonds is 6. The monoisotopic (exact) mass is 344 g/mol. The van der Waals surface area contributed by atoms with Gasteiger partial charge in [0.2, 0.25) is 17.8 Å². The van der Waals surface area contributed by atoms with Gasteiger partial charge in [-0.1, -0.05) is 0 Å². The minimum absolute atomic E-state index is 0.127. The van der Waals surface area contributed by atoms with Gasteiger partial charge in [0.15, 0.2) is 5.82 Å². The summed E-state index contributed by atoms with van der Waals surface area (Å²) in [7, 11) is 3.79. The molecule has 1 aliphatic rings. The third kappa shape index (κ3) is 4.04. The van der Waals surface area contributed by atoms with Gasteiger partial charge in [-0.3, -0.25) is 9.48 Å². The first kappa shape index (κ1) is 17.1. The summed E-state index contributed by atoms with van der Waals surface area (Å²) in [5, 5.41) is 6.98. The predicted octanol–water partition coefficient (Wildman–Crippen LogP) is 0.612. The Kier molecular flexibility index (Phi) is 5.11. The van der Waals surface area contributed by atoms with Crippen LogP contribution in [0.1, 0.15) is 31.6 Å². The molecule has 1 atom stereocenters. The molecule has 3 heterocycles. The van der Waals surface area contributed by atoms with Gasteiger partial charge in [0.05, 0.1) is 6.54 Å². The average molecular weight is 344 g/mol. The molecule has 0 spiro atoms. The molecule has 0 aromatic carbocycles. The maximum Gasteiger partial charge on any atom is 0.244 e. The Morgan fingerprint density at radius 2 is 2.04 bits per heavy atom. The molecule has 25 heavy (non-hydrogen) atoms. The minimum atomic E-state index is -0.386. The molecule has 0 saturated carbocycles. The third-order valence-electron chi connectivity index (χ3n) is 4.17. The van der Waals surface area contributed by atoms with Gasteiger partial charge in [-0.25, -0.2) is 0 Å². The van der Waals surface area contributed by atoms with E-state index in [1.807, 2.05) is 19.0 Å². The second kappa shape index (κ2) is 7.45. The molecular weight excluding hydrogens is 320 g/mol. The maximum absolute atomic E-state index is 12.3. The molecule has 1 aliphatic heterocycles. The van der Waals surface area contributed by atoms with Crippen molar-refractivity contribution in [3.63, 3.8) is 0 Å². The smallest absolute Gasteiger partial charge is 0.244 e. The van der Waals surface area contributed by atoms with E-state index in [9.17, 15) is 4.79 Å². The molecule has 2 aromatic rings. The highest BCUT2D eigenvalue weighted by atomic mass is 16.2. The lowest BCUT2D eigenvalue weighted by Crippen LogP contribution is -2.32. The van der Waals surface area contributed by atoms with Crippen molar-refractivity contribution in [2.75, 3.05) is 37.0 Å². The van der Waals surface area contributed by atoms with Crippen LogP contribution >= 0.6 is 0 Å². The molecule has 1 saturated heterocycles. The van der Waals surface area contributed by atoms with Crippen molar-refractivity contribution in [1.82, 2.24) is 30.0 Å². The lowest BCUT2D eigenvalue weighted by Gasteiger charge is -2.19. The number of hydrogen-bond donors (Lipinski definition) is 1. The zero-order valence-electron chi connectivity index (χ0n) is 14.9. The van der Waals surface area contributed by atoms with E-state index in [-0.39, 0.29) is 18.5 Å². The SMILES string of the molecule is C[C@H](C(=O)NCc1nc(N(C)C)nc(N2CCCC2)n1)n1cccn1. The fraction of sp³-hybridized carbons (Fsp3) is 0.562. The van der Waals surface area contributed by atoms with Crippen molar-refractivity contribution in [3.05, 3.63) is 24.3 Å². The highest BCUT2D eigenvalue weighted by Crippen LogP contribution is 2.18. The van der Waals surface area contributed by atoms with Crippen LogP contribution in [0.15, 0.2) is 18.5 Å². The first-order valence-corrected chi connectivity index (χ1v) is 8.48. The number of hydrogen-bond acceptors (Lipinski definition) is 7. The Labute approximate surface area is 147 Å². The molecule has 0 aliphatic carbocycles. The fourth-order valence-electron chi connectivity index (χ4n) is 2.68. The molecule has 0 radical (unpaired) electrons. The van der Waals surface area contributed by atoms with Crippen molar-refractivity contribution >= 4 is 17.8 Å². The van der Waals surface area contributed by atoms with Crippen LogP contribution in [0.3, 0.4) is 0 Å². The van der Waals surface area contributed by atoms with E-state index in [1.54, 1.807) is 30.1 Å². The van der Waals surface area contributed by atoms with Crippen molar-refractivity contribution in [3.8, 4) is 0 Å². The molecule has 0 bridgehead atoms. The van der Waals surface area contributed by atoms with E-state index in [2.05, 4.69) is 30.3 Å². The van der Waals surface area contributed by atoms with Crippen LogP contribution in [0.4, 0.5) is 11.9 Å². The van der Waals surface area contributed by atoms with Gasteiger partial charge in [-0.2, -0.15) is 20.1 Å². The first-order chi connectivity index (χ1) is 12.0. The number of nitrogens with zero attached hydrogens (tertiary/aromatic N) is 7. The van der Waals surface area contributed by atoms with Gasteiger partial charge in [-0.05, 0) is 25.8 Å². The van der Waals surface area contributed by atoms with Crippen molar-refractivity contribution < 1.29 is 4.79 Å². The van der Waals surface area contributed by atoms with Gasteiger partial charge in [0.25, 0.3) is 0 Å². The second-order valence-electron chi connectivity index (χ2n) is 6.32. The highest BCUT2D eigenvalue weighted by Gasteiger charge is 2.19. The fourth-order valence-corrected chi connectivity index (χ4v) is 2.68. The quantitative estimate of drug-likeness (QED) is 0.821. The van der Waals surface area contributed by atoms with E-state index in [0.29, 0.717) is 17.7 Å². The van der Waals surface area contributed by atoms with Gasteiger partial charge in [0.1, 0.15) is 6.04 Å². The van der Waals surface area contributed by atoms with Gasteiger partial charge in [-0.15, -0.1) is 0 Å². The molecular formula is C16H24N8O. The molecule has 0 unspecified atom stereocenters. The zero-order valence-corrected chi connectivity index (χ0v) is 14.9. The maximum atomic E-state index is 12.3. The summed E-state index contributed by atoms with van der Waals surface area (Å²) < 4.78 is 1.61. The van der Waals surface area contributed by atoms with Crippen molar-refractivity contribution in [2.24, 2.45) is 0 Å². The van der Waals surface area contributed by atoms with Gasteiger partial charge < -0.3 is 15.1 Å². The molecule has 1 N–H and O–H groups in total. The molecule has 9 heteroatoms. The van der Waals surface area contributed by atoms with Crippen LogP contribution in [0.25, 0.3) is 0 Å². The van der Waals surface area contributed by atoms with Crippen LogP contribution in [0, 0.1) is 0 Å². The summed E-state index contributed by atoms with van der Waals surface area (Å²) in [6, 6.07) is 1.41. The number of carbonyl (C=O) groups is 1. The number of amides is 1. The van der Waals surface area contributed by atoms with E-state index in [0.717, 1.165) is 25.9 Å².